The van der Waals surface area contributed by atoms with Crippen LogP contribution in [-0.4, -0.2) is 12.5 Å². The number of hydrogen-bond donors (Lipinski definition) is 1. The van der Waals surface area contributed by atoms with E-state index in [1.54, 1.807) is 30.3 Å². The Morgan fingerprint density at radius 3 is 2.74 bits per heavy atom. The molecule has 4 nitrogen and oxygen atoms in total. The van der Waals surface area contributed by atoms with Gasteiger partial charge in [-0.25, -0.2) is 8.78 Å². The zero-order valence-electron chi connectivity index (χ0n) is 14.6. The van der Waals surface area contributed by atoms with Crippen molar-refractivity contribution < 1.29 is 22.7 Å². The summed E-state index contributed by atoms with van der Waals surface area (Å²) in [5, 5.41) is 2.80. The van der Waals surface area contributed by atoms with Crippen LogP contribution in [0.15, 0.2) is 59.2 Å². The highest BCUT2D eigenvalue weighted by atomic mass is 19.2. The second-order valence-electron chi connectivity index (χ2n) is 6.36. The van der Waals surface area contributed by atoms with Crippen LogP contribution in [0.5, 0.6) is 0 Å². The Morgan fingerprint density at radius 2 is 2.00 bits per heavy atom. The van der Waals surface area contributed by atoms with Gasteiger partial charge in [-0.2, -0.15) is 0 Å². The minimum absolute atomic E-state index is 0.137. The van der Waals surface area contributed by atoms with Crippen LogP contribution < -0.4 is 5.32 Å². The normalized spacial score (nSPS) is 19.3. The molecular formula is C21H17F2NO3. The van der Waals surface area contributed by atoms with Gasteiger partial charge in [-0.1, -0.05) is 25.1 Å². The summed E-state index contributed by atoms with van der Waals surface area (Å²) in [4.78, 5) is 12.1. The summed E-state index contributed by atoms with van der Waals surface area (Å²) in [5.41, 5.74) is 0.786. The number of carbonyl (C=O) groups is 1. The predicted molar refractivity (Wildman–Crippen MR) is 96.2 cm³/mol. The van der Waals surface area contributed by atoms with E-state index in [9.17, 15) is 13.6 Å². The minimum Gasteiger partial charge on any atom is -0.466 e. The summed E-state index contributed by atoms with van der Waals surface area (Å²) in [6, 6.07) is 12.6. The largest absolute Gasteiger partial charge is 0.466 e. The zero-order chi connectivity index (χ0) is 19.0. The maximum Gasteiger partial charge on any atom is 0.250 e. The number of anilines is 1. The van der Waals surface area contributed by atoms with Gasteiger partial charge in [0, 0.05) is 16.8 Å². The predicted octanol–water partition coefficient (Wildman–Crippen LogP) is 4.85. The fourth-order valence-electron chi connectivity index (χ4n) is 3.51. The van der Waals surface area contributed by atoms with E-state index in [0.29, 0.717) is 29.0 Å². The first-order valence-electron chi connectivity index (χ1n) is 8.62. The van der Waals surface area contributed by atoms with E-state index < -0.39 is 17.2 Å². The van der Waals surface area contributed by atoms with Crippen molar-refractivity contribution in [3.63, 3.8) is 0 Å². The first kappa shape index (κ1) is 17.4. The standard InChI is InChI=1S/C21H17F2NO3/c1-2-21(18-7-4-10-26-18)15-11-13(14-5-3-6-16(22)20(14)23)8-9-17(15)24-19(25)12-27-21/h3-11H,2,12H2,1H3,(H,24,25). The molecule has 0 fully saturated rings. The number of nitrogens with one attached hydrogen (secondary N) is 1. The zero-order valence-corrected chi connectivity index (χ0v) is 14.6. The van der Waals surface area contributed by atoms with Gasteiger partial charge in [0.25, 0.3) is 0 Å². The molecule has 4 rings (SSSR count). The van der Waals surface area contributed by atoms with E-state index in [4.69, 9.17) is 9.15 Å². The molecule has 138 valence electrons. The first-order chi connectivity index (χ1) is 13.0. The molecular weight excluding hydrogens is 352 g/mol. The molecule has 2 heterocycles. The third-order valence-corrected chi connectivity index (χ3v) is 4.86. The second kappa shape index (κ2) is 6.63. The number of carbonyl (C=O) groups excluding carboxylic acids is 1. The van der Waals surface area contributed by atoms with Crippen LogP contribution in [0.3, 0.4) is 0 Å². The monoisotopic (exact) mass is 369 g/mol. The maximum absolute atomic E-state index is 14.3. The summed E-state index contributed by atoms with van der Waals surface area (Å²) in [6.45, 7) is 1.77. The molecule has 1 atom stereocenters. The molecule has 1 aromatic heterocycles. The van der Waals surface area contributed by atoms with E-state index >= 15 is 0 Å². The number of rotatable bonds is 3. The third kappa shape index (κ3) is 2.82. The molecule has 1 amide bonds. The van der Waals surface area contributed by atoms with Crippen LogP contribution in [0.25, 0.3) is 11.1 Å². The Hall–Kier alpha value is -2.99. The fourth-order valence-corrected chi connectivity index (χ4v) is 3.51. The highest BCUT2D eigenvalue weighted by Crippen LogP contribution is 2.44. The van der Waals surface area contributed by atoms with Crippen molar-refractivity contribution >= 4 is 11.6 Å². The van der Waals surface area contributed by atoms with E-state index in [0.717, 1.165) is 6.07 Å². The van der Waals surface area contributed by atoms with Crippen LogP contribution in [0, 0.1) is 11.6 Å². The molecule has 0 radical (unpaired) electrons. The molecule has 6 heteroatoms. The maximum atomic E-state index is 14.3. The number of amides is 1. The summed E-state index contributed by atoms with van der Waals surface area (Å²) < 4.78 is 39.6. The van der Waals surface area contributed by atoms with Crippen molar-refractivity contribution in [1.82, 2.24) is 0 Å². The first-order valence-corrected chi connectivity index (χ1v) is 8.62. The Labute approximate surface area is 154 Å². The Morgan fingerprint density at radius 1 is 1.15 bits per heavy atom. The molecule has 3 aromatic rings. The van der Waals surface area contributed by atoms with E-state index in [2.05, 4.69) is 5.32 Å². The SMILES string of the molecule is CCC1(c2ccco2)OCC(=O)Nc2ccc(-c3cccc(F)c3F)cc21. The van der Waals surface area contributed by atoms with Crippen molar-refractivity contribution in [2.45, 2.75) is 18.9 Å². The lowest BCUT2D eigenvalue weighted by molar-refractivity contribution is -0.126. The van der Waals surface area contributed by atoms with Gasteiger partial charge in [-0.05, 0) is 42.3 Å². The van der Waals surface area contributed by atoms with Gasteiger partial charge in [0.15, 0.2) is 17.2 Å². The average molecular weight is 369 g/mol. The quantitative estimate of drug-likeness (QED) is 0.718. The van der Waals surface area contributed by atoms with E-state index in [1.807, 2.05) is 6.92 Å². The molecule has 0 bridgehead atoms. The Balaban J connectivity index is 1.95. The highest BCUT2D eigenvalue weighted by molar-refractivity contribution is 5.94. The van der Waals surface area contributed by atoms with Gasteiger partial charge in [0.2, 0.25) is 5.91 Å². The van der Waals surface area contributed by atoms with Crippen molar-refractivity contribution in [3.05, 3.63) is 77.8 Å². The number of benzene rings is 2. The Bertz CT molecular complexity index is 1000. The van der Waals surface area contributed by atoms with Crippen molar-refractivity contribution in [1.29, 1.82) is 0 Å². The highest BCUT2D eigenvalue weighted by Gasteiger charge is 2.41. The lowest BCUT2D eigenvalue weighted by Gasteiger charge is -2.31. The summed E-state index contributed by atoms with van der Waals surface area (Å²) in [5.74, 6) is -1.58. The number of furan rings is 1. The smallest absolute Gasteiger partial charge is 0.250 e. The van der Waals surface area contributed by atoms with Crippen LogP contribution in [-0.2, 0) is 15.1 Å². The van der Waals surface area contributed by atoms with Crippen molar-refractivity contribution in [2.24, 2.45) is 0 Å². The summed E-state index contributed by atoms with van der Waals surface area (Å²) >= 11 is 0. The minimum atomic E-state index is -1.02. The van der Waals surface area contributed by atoms with E-state index in [-0.39, 0.29) is 18.1 Å². The summed E-state index contributed by atoms with van der Waals surface area (Å²) in [6.07, 6.45) is 2.02. The van der Waals surface area contributed by atoms with Crippen molar-refractivity contribution in [2.75, 3.05) is 11.9 Å². The van der Waals surface area contributed by atoms with Crippen LogP contribution in [0.4, 0.5) is 14.5 Å². The molecule has 0 spiro atoms. The van der Waals surface area contributed by atoms with Gasteiger partial charge in [-0.15, -0.1) is 0 Å². The lowest BCUT2D eigenvalue weighted by atomic mass is 9.85. The van der Waals surface area contributed by atoms with E-state index in [1.165, 1.54) is 18.4 Å². The van der Waals surface area contributed by atoms with Gasteiger partial charge in [0.05, 0.1) is 6.26 Å². The topological polar surface area (TPSA) is 51.5 Å². The Kier molecular flexibility index (Phi) is 4.28. The number of halogens is 2. The van der Waals surface area contributed by atoms with Crippen LogP contribution >= 0.6 is 0 Å². The molecule has 1 unspecified atom stereocenters. The van der Waals surface area contributed by atoms with Gasteiger partial charge in [-0.3, -0.25) is 4.79 Å². The van der Waals surface area contributed by atoms with Gasteiger partial charge in [0.1, 0.15) is 12.4 Å². The van der Waals surface area contributed by atoms with Gasteiger partial charge >= 0.3 is 0 Å². The van der Waals surface area contributed by atoms with Gasteiger partial charge < -0.3 is 14.5 Å². The molecule has 1 aliphatic rings. The molecule has 2 aromatic carbocycles. The third-order valence-electron chi connectivity index (χ3n) is 4.86. The number of ether oxygens (including phenoxy) is 1. The van der Waals surface area contributed by atoms with Crippen molar-refractivity contribution in [3.8, 4) is 11.1 Å². The fraction of sp³-hybridized carbons (Fsp3) is 0.190. The van der Waals surface area contributed by atoms with Crippen LogP contribution in [0.2, 0.25) is 0 Å². The molecule has 1 N–H and O–H groups in total. The second-order valence-corrected chi connectivity index (χ2v) is 6.36. The molecule has 0 saturated heterocycles. The molecule has 0 saturated carbocycles. The average Bonchev–Trinajstić information content (AvgIpc) is 3.16. The molecule has 0 aliphatic carbocycles. The van der Waals surface area contributed by atoms with Crippen LogP contribution in [0.1, 0.15) is 24.7 Å². The summed E-state index contributed by atoms with van der Waals surface area (Å²) in [7, 11) is 0. The molecule has 27 heavy (non-hydrogen) atoms. The number of fused-ring (bicyclic) bond motifs is 1. The lowest BCUT2D eigenvalue weighted by Crippen LogP contribution is -2.30. The molecule has 1 aliphatic heterocycles. The number of hydrogen-bond acceptors (Lipinski definition) is 3.